The molecule has 112 valence electrons. The van der Waals surface area contributed by atoms with Crippen LogP contribution in [0.15, 0.2) is 36.5 Å². The summed E-state index contributed by atoms with van der Waals surface area (Å²) >= 11 is 0. The molecule has 0 bridgehead atoms. The summed E-state index contributed by atoms with van der Waals surface area (Å²) in [6, 6.07) is 9.64. The molecule has 1 aromatic carbocycles. The number of primary amides is 1. The molecular weight excluding hydrogens is 266 g/mol. The maximum absolute atomic E-state index is 11.2. The average Bonchev–Trinajstić information content (AvgIpc) is 2.81. The number of carbonyl (C=O) groups is 1. The van der Waals surface area contributed by atoms with Gasteiger partial charge < -0.3 is 11.5 Å². The molecule has 0 spiro atoms. The molecule has 0 fully saturated rings. The van der Waals surface area contributed by atoms with E-state index in [1.54, 1.807) is 6.20 Å². The van der Waals surface area contributed by atoms with Crippen LogP contribution in [0.5, 0.6) is 0 Å². The molecule has 2 aromatic rings. The fourth-order valence-electron chi connectivity index (χ4n) is 2.30. The van der Waals surface area contributed by atoms with Crippen LogP contribution >= 0.6 is 0 Å². The maximum Gasteiger partial charge on any atom is 0.231 e. The standard InChI is InChI=1S/C15H21N5O/c1-19-14(5-7-18-19)6-8-20(11-15(17)21)10-12-3-2-4-13(16)9-12/h2-5,7,9H,6,8,10-11,16H2,1H3,(H2,17,21). The van der Waals surface area contributed by atoms with Gasteiger partial charge in [-0.15, -0.1) is 0 Å². The normalized spacial score (nSPS) is 11.0. The first kappa shape index (κ1) is 15.1. The summed E-state index contributed by atoms with van der Waals surface area (Å²) in [6.07, 6.45) is 2.58. The zero-order chi connectivity index (χ0) is 15.2. The van der Waals surface area contributed by atoms with Gasteiger partial charge in [-0.05, 0) is 23.8 Å². The Hall–Kier alpha value is -2.34. The lowest BCUT2D eigenvalue weighted by molar-refractivity contribution is -0.119. The van der Waals surface area contributed by atoms with Crippen LogP contribution in [0, 0.1) is 0 Å². The number of carbonyl (C=O) groups excluding carboxylic acids is 1. The van der Waals surface area contributed by atoms with E-state index in [1.165, 1.54) is 0 Å². The first-order valence-corrected chi connectivity index (χ1v) is 6.86. The lowest BCUT2D eigenvalue weighted by atomic mass is 10.2. The third-order valence-electron chi connectivity index (χ3n) is 3.34. The molecule has 1 heterocycles. The van der Waals surface area contributed by atoms with Gasteiger partial charge in [0, 0.05) is 44.1 Å². The van der Waals surface area contributed by atoms with E-state index in [-0.39, 0.29) is 12.5 Å². The van der Waals surface area contributed by atoms with Crippen molar-refractivity contribution < 1.29 is 4.79 Å². The van der Waals surface area contributed by atoms with Crippen molar-refractivity contribution in [3.63, 3.8) is 0 Å². The monoisotopic (exact) mass is 287 g/mol. The minimum Gasteiger partial charge on any atom is -0.399 e. The van der Waals surface area contributed by atoms with Crippen molar-refractivity contribution in [3.05, 3.63) is 47.8 Å². The van der Waals surface area contributed by atoms with Crippen LogP contribution in [0.25, 0.3) is 0 Å². The van der Waals surface area contributed by atoms with E-state index in [0.29, 0.717) is 6.54 Å². The Morgan fingerprint density at radius 1 is 1.38 bits per heavy atom. The predicted molar refractivity (Wildman–Crippen MR) is 82.2 cm³/mol. The second-order valence-corrected chi connectivity index (χ2v) is 5.12. The molecule has 6 nitrogen and oxygen atoms in total. The molecule has 0 saturated heterocycles. The Balaban J connectivity index is 2.00. The Kier molecular flexibility index (Phi) is 4.94. The fourth-order valence-corrected chi connectivity index (χ4v) is 2.30. The van der Waals surface area contributed by atoms with Gasteiger partial charge in [0.2, 0.25) is 5.91 Å². The van der Waals surface area contributed by atoms with E-state index in [4.69, 9.17) is 11.5 Å². The van der Waals surface area contributed by atoms with E-state index >= 15 is 0 Å². The van der Waals surface area contributed by atoms with Crippen LogP contribution in [0.1, 0.15) is 11.3 Å². The molecule has 0 aliphatic carbocycles. The highest BCUT2D eigenvalue weighted by Crippen LogP contribution is 2.10. The molecule has 0 radical (unpaired) electrons. The molecule has 2 rings (SSSR count). The van der Waals surface area contributed by atoms with Gasteiger partial charge in [0.05, 0.1) is 6.54 Å². The number of rotatable bonds is 7. The smallest absolute Gasteiger partial charge is 0.231 e. The van der Waals surface area contributed by atoms with Crippen molar-refractivity contribution in [2.24, 2.45) is 12.8 Å². The summed E-state index contributed by atoms with van der Waals surface area (Å²) in [7, 11) is 1.91. The molecule has 0 atom stereocenters. The number of benzene rings is 1. The van der Waals surface area contributed by atoms with Gasteiger partial charge in [0.25, 0.3) is 0 Å². The topological polar surface area (TPSA) is 90.2 Å². The highest BCUT2D eigenvalue weighted by Gasteiger charge is 2.10. The van der Waals surface area contributed by atoms with Crippen molar-refractivity contribution in [1.82, 2.24) is 14.7 Å². The maximum atomic E-state index is 11.2. The fraction of sp³-hybridized carbons (Fsp3) is 0.333. The second-order valence-electron chi connectivity index (χ2n) is 5.12. The summed E-state index contributed by atoms with van der Waals surface area (Å²) < 4.78 is 1.84. The summed E-state index contributed by atoms with van der Waals surface area (Å²) in [6.45, 7) is 1.61. The van der Waals surface area contributed by atoms with Crippen molar-refractivity contribution >= 4 is 11.6 Å². The number of aromatic nitrogens is 2. The van der Waals surface area contributed by atoms with Gasteiger partial charge in [-0.2, -0.15) is 5.10 Å². The first-order valence-electron chi connectivity index (χ1n) is 6.86. The van der Waals surface area contributed by atoms with Gasteiger partial charge in [0.1, 0.15) is 0 Å². The number of hydrogen-bond donors (Lipinski definition) is 2. The lowest BCUT2D eigenvalue weighted by Crippen LogP contribution is -2.35. The van der Waals surface area contributed by atoms with E-state index in [1.807, 2.05) is 47.0 Å². The lowest BCUT2D eigenvalue weighted by Gasteiger charge is -2.21. The highest BCUT2D eigenvalue weighted by molar-refractivity contribution is 5.75. The van der Waals surface area contributed by atoms with Gasteiger partial charge >= 0.3 is 0 Å². The number of nitrogens with two attached hydrogens (primary N) is 2. The summed E-state index contributed by atoms with van der Waals surface area (Å²) in [5, 5.41) is 4.14. The third-order valence-corrected chi connectivity index (χ3v) is 3.34. The zero-order valence-electron chi connectivity index (χ0n) is 12.2. The molecule has 1 aromatic heterocycles. The van der Waals surface area contributed by atoms with Crippen molar-refractivity contribution in [2.75, 3.05) is 18.8 Å². The summed E-state index contributed by atoms with van der Waals surface area (Å²) in [4.78, 5) is 13.3. The van der Waals surface area contributed by atoms with Gasteiger partial charge in [-0.3, -0.25) is 14.4 Å². The largest absolute Gasteiger partial charge is 0.399 e. The molecule has 1 amide bonds. The van der Waals surface area contributed by atoms with E-state index in [9.17, 15) is 4.79 Å². The van der Waals surface area contributed by atoms with Crippen LogP contribution in [-0.2, 0) is 24.8 Å². The Bertz CT molecular complexity index is 608. The van der Waals surface area contributed by atoms with Gasteiger partial charge in [-0.25, -0.2) is 0 Å². The SMILES string of the molecule is Cn1nccc1CCN(CC(N)=O)Cc1cccc(N)c1. The second kappa shape index (κ2) is 6.90. The Labute approximate surface area is 124 Å². The van der Waals surface area contributed by atoms with Crippen molar-refractivity contribution in [1.29, 1.82) is 0 Å². The summed E-state index contributed by atoms with van der Waals surface area (Å²) in [5.41, 5.74) is 14.0. The van der Waals surface area contributed by atoms with Crippen LogP contribution in [0.3, 0.4) is 0 Å². The number of aryl methyl sites for hydroxylation is 1. The molecule has 0 unspecified atom stereocenters. The number of nitrogens with zero attached hydrogens (tertiary/aromatic N) is 3. The van der Waals surface area contributed by atoms with Gasteiger partial charge in [-0.1, -0.05) is 12.1 Å². The number of anilines is 1. The minimum atomic E-state index is -0.330. The third kappa shape index (κ3) is 4.61. The molecule has 21 heavy (non-hydrogen) atoms. The molecular formula is C15H21N5O. The summed E-state index contributed by atoms with van der Waals surface area (Å²) in [5.74, 6) is -0.330. The van der Waals surface area contributed by atoms with Crippen LogP contribution in [-0.4, -0.2) is 33.7 Å². The Morgan fingerprint density at radius 2 is 2.19 bits per heavy atom. The van der Waals surface area contributed by atoms with Crippen LogP contribution in [0.4, 0.5) is 5.69 Å². The average molecular weight is 287 g/mol. The van der Waals surface area contributed by atoms with Crippen LogP contribution in [0.2, 0.25) is 0 Å². The minimum absolute atomic E-state index is 0.229. The number of amides is 1. The highest BCUT2D eigenvalue weighted by atomic mass is 16.1. The number of nitrogen functional groups attached to an aromatic ring is 1. The molecule has 0 aliphatic heterocycles. The molecule has 0 aliphatic rings. The van der Waals surface area contributed by atoms with E-state index in [2.05, 4.69) is 5.10 Å². The zero-order valence-corrected chi connectivity index (χ0v) is 12.2. The van der Waals surface area contributed by atoms with Crippen molar-refractivity contribution in [2.45, 2.75) is 13.0 Å². The quantitative estimate of drug-likeness (QED) is 0.727. The van der Waals surface area contributed by atoms with Gasteiger partial charge in [0.15, 0.2) is 0 Å². The Morgan fingerprint density at radius 3 is 2.81 bits per heavy atom. The molecule has 0 saturated carbocycles. The first-order chi connectivity index (χ1) is 10.0. The van der Waals surface area contributed by atoms with Crippen LogP contribution < -0.4 is 11.5 Å². The van der Waals surface area contributed by atoms with Crippen molar-refractivity contribution in [3.8, 4) is 0 Å². The molecule has 4 N–H and O–H groups in total. The van der Waals surface area contributed by atoms with E-state index < -0.39 is 0 Å². The predicted octanol–water partition coefficient (Wildman–Crippen LogP) is 0.532. The number of hydrogen-bond acceptors (Lipinski definition) is 4. The molecule has 6 heteroatoms. The van der Waals surface area contributed by atoms with E-state index in [0.717, 1.165) is 29.9 Å².